The van der Waals surface area contributed by atoms with Crippen molar-refractivity contribution in [3.05, 3.63) is 35.4 Å². The summed E-state index contributed by atoms with van der Waals surface area (Å²) in [6, 6.07) is 8.75. The second-order valence-corrected chi connectivity index (χ2v) is 5.84. The van der Waals surface area contributed by atoms with E-state index in [4.69, 9.17) is 0 Å². The molecule has 4 heteroatoms. The summed E-state index contributed by atoms with van der Waals surface area (Å²) in [5, 5.41) is 2.99. The second kappa shape index (κ2) is 8.03. The summed E-state index contributed by atoms with van der Waals surface area (Å²) in [5.41, 5.74) is 2.66. The van der Waals surface area contributed by atoms with Gasteiger partial charge in [-0.1, -0.05) is 43.2 Å². The van der Waals surface area contributed by atoms with Crippen molar-refractivity contribution < 1.29 is 4.79 Å². The van der Waals surface area contributed by atoms with E-state index < -0.39 is 0 Å². The van der Waals surface area contributed by atoms with Crippen molar-refractivity contribution in [3.63, 3.8) is 0 Å². The quantitative estimate of drug-likeness (QED) is 0.846. The van der Waals surface area contributed by atoms with Crippen LogP contribution in [0.5, 0.6) is 0 Å². The molecule has 2 rings (SSSR count). The van der Waals surface area contributed by atoms with Gasteiger partial charge >= 0.3 is 6.03 Å². The maximum absolute atomic E-state index is 12.0. The van der Waals surface area contributed by atoms with E-state index in [1.807, 2.05) is 4.90 Å². The molecule has 0 radical (unpaired) electrons. The summed E-state index contributed by atoms with van der Waals surface area (Å²) in [7, 11) is 0. The van der Waals surface area contributed by atoms with Gasteiger partial charge in [0, 0.05) is 39.3 Å². The molecule has 21 heavy (non-hydrogen) atoms. The first kappa shape index (κ1) is 15.8. The zero-order valence-electron chi connectivity index (χ0n) is 13.3. The number of urea groups is 1. The number of hydrogen-bond donors (Lipinski definition) is 1. The summed E-state index contributed by atoms with van der Waals surface area (Å²) in [6.07, 6.45) is 2.17. The zero-order chi connectivity index (χ0) is 15.1. The van der Waals surface area contributed by atoms with Gasteiger partial charge in [0.1, 0.15) is 0 Å². The van der Waals surface area contributed by atoms with Crippen LogP contribution >= 0.6 is 0 Å². The highest BCUT2D eigenvalue weighted by molar-refractivity contribution is 5.74. The lowest BCUT2D eigenvalue weighted by atomic mass is 10.1. The standard InChI is InChI=1S/C17H27N3O/c1-3-4-8-18-17(21)20-11-9-19(10-12-20)14-16-7-5-6-15(2)13-16/h5-7,13H,3-4,8-12,14H2,1-2H3,(H,18,21). The number of nitrogens with zero attached hydrogens (tertiary/aromatic N) is 2. The molecule has 1 aliphatic heterocycles. The number of carbonyl (C=O) groups excluding carboxylic acids is 1. The number of nitrogens with one attached hydrogen (secondary N) is 1. The average molecular weight is 289 g/mol. The molecular weight excluding hydrogens is 262 g/mol. The van der Waals surface area contributed by atoms with Gasteiger partial charge in [-0.05, 0) is 18.9 Å². The molecule has 116 valence electrons. The highest BCUT2D eigenvalue weighted by Gasteiger charge is 2.20. The van der Waals surface area contributed by atoms with Gasteiger partial charge in [-0.2, -0.15) is 0 Å². The van der Waals surface area contributed by atoms with Crippen LogP contribution < -0.4 is 5.32 Å². The Morgan fingerprint density at radius 1 is 1.24 bits per heavy atom. The van der Waals surface area contributed by atoms with Gasteiger partial charge in [-0.3, -0.25) is 4.90 Å². The fourth-order valence-corrected chi connectivity index (χ4v) is 2.66. The molecule has 1 saturated heterocycles. The molecule has 0 atom stereocenters. The molecule has 0 aromatic heterocycles. The highest BCUT2D eigenvalue weighted by atomic mass is 16.2. The average Bonchev–Trinajstić information content (AvgIpc) is 2.48. The molecule has 2 amide bonds. The number of amides is 2. The summed E-state index contributed by atoms with van der Waals surface area (Å²) in [5.74, 6) is 0. The molecule has 4 nitrogen and oxygen atoms in total. The van der Waals surface area contributed by atoms with E-state index >= 15 is 0 Å². The van der Waals surface area contributed by atoms with Crippen molar-refractivity contribution in [2.75, 3.05) is 32.7 Å². The molecule has 0 saturated carbocycles. The maximum atomic E-state index is 12.0. The minimum Gasteiger partial charge on any atom is -0.338 e. The number of rotatable bonds is 5. The van der Waals surface area contributed by atoms with Crippen LogP contribution in [0.4, 0.5) is 4.79 Å². The van der Waals surface area contributed by atoms with Crippen LogP contribution in [0.25, 0.3) is 0 Å². The van der Waals surface area contributed by atoms with E-state index in [2.05, 4.69) is 48.3 Å². The van der Waals surface area contributed by atoms with Crippen LogP contribution in [-0.2, 0) is 6.54 Å². The Hall–Kier alpha value is -1.55. The van der Waals surface area contributed by atoms with Gasteiger partial charge in [-0.15, -0.1) is 0 Å². The smallest absolute Gasteiger partial charge is 0.317 e. The number of benzene rings is 1. The van der Waals surface area contributed by atoms with Crippen molar-refractivity contribution in [2.45, 2.75) is 33.2 Å². The Morgan fingerprint density at radius 3 is 2.67 bits per heavy atom. The van der Waals surface area contributed by atoms with Crippen LogP contribution in [0, 0.1) is 6.92 Å². The van der Waals surface area contributed by atoms with E-state index in [0.717, 1.165) is 52.1 Å². The van der Waals surface area contributed by atoms with Crippen molar-refractivity contribution in [3.8, 4) is 0 Å². The molecule has 1 fully saturated rings. The summed E-state index contributed by atoms with van der Waals surface area (Å²) < 4.78 is 0. The van der Waals surface area contributed by atoms with E-state index in [9.17, 15) is 4.79 Å². The summed E-state index contributed by atoms with van der Waals surface area (Å²) in [6.45, 7) is 9.59. The zero-order valence-corrected chi connectivity index (χ0v) is 13.3. The van der Waals surface area contributed by atoms with Gasteiger partial charge in [0.15, 0.2) is 0 Å². The lowest BCUT2D eigenvalue weighted by Gasteiger charge is -2.34. The molecule has 0 bridgehead atoms. The Bertz CT molecular complexity index is 453. The van der Waals surface area contributed by atoms with Crippen molar-refractivity contribution in [2.24, 2.45) is 0 Å². The van der Waals surface area contributed by atoms with Crippen molar-refractivity contribution in [1.82, 2.24) is 15.1 Å². The molecule has 0 unspecified atom stereocenters. The molecule has 1 aromatic carbocycles. The second-order valence-electron chi connectivity index (χ2n) is 5.84. The van der Waals surface area contributed by atoms with Gasteiger partial charge in [-0.25, -0.2) is 4.79 Å². The molecule has 0 aliphatic carbocycles. The fraction of sp³-hybridized carbons (Fsp3) is 0.588. The van der Waals surface area contributed by atoms with Crippen molar-refractivity contribution >= 4 is 6.03 Å². The first-order valence-corrected chi connectivity index (χ1v) is 7.99. The minimum atomic E-state index is 0.0960. The number of carbonyl (C=O) groups is 1. The molecular formula is C17H27N3O. The normalized spacial score (nSPS) is 16.0. The predicted molar refractivity (Wildman–Crippen MR) is 86.3 cm³/mol. The third-order valence-corrected chi connectivity index (χ3v) is 3.95. The van der Waals surface area contributed by atoms with E-state index in [1.165, 1.54) is 11.1 Å². The van der Waals surface area contributed by atoms with Crippen LogP contribution in [0.2, 0.25) is 0 Å². The topological polar surface area (TPSA) is 35.6 Å². The molecule has 1 aromatic rings. The Kier molecular flexibility index (Phi) is 6.05. The first-order chi connectivity index (χ1) is 10.2. The van der Waals surface area contributed by atoms with Gasteiger partial charge < -0.3 is 10.2 Å². The number of unbranched alkanes of at least 4 members (excludes halogenated alkanes) is 1. The molecule has 1 N–H and O–H groups in total. The summed E-state index contributed by atoms with van der Waals surface area (Å²) >= 11 is 0. The third-order valence-electron chi connectivity index (χ3n) is 3.95. The Labute approximate surface area is 128 Å². The predicted octanol–water partition coefficient (Wildman–Crippen LogP) is 2.62. The number of aryl methyl sites for hydroxylation is 1. The monoisotopic (exact) mass is 289 g/mol. The number of hydrogen-bond acceptors (Lipinski definition) is 2. The Morgan fingerprint density at radius 2 is 2.00 bits per heavy atom. The fourth-order valence-electron chi connectivity index (χ4n) is 2.66. The Balaban J connectivity index is 1.74. The lowest BCUT2D eigenvalue weighted by Crippen LogP contribution is -2.51. The molecule has 1 heterocycles. The van der Waals surface area contributed by atoms with Crippen LogP contribution in [0.1, 0.15) is 30.9 Å². The van der Waals surface area contributed by atoms with Crippen molar-refractivity contribution in [1.29, 1.82) is 0 Å². The van der Waals surface area contributed by atoms with Crippen LogP contribution in [0.3, 0.4) is 0 Å². The SMILES string of the molecule is CCCCNC(=O)N1CCN(Cc2cccc(C)c2)CC1. The first-order valence-electron chi connectivity index (χ1n) is 7.99. The minimum absolute atomic E-state index is 0.0960. The lowest BCUT2D eigenvalue weighted by molar-refractivity contribution is 0.135. The molecule has 1 aliphatic rings. The highest BCUT2D eigenvalue weighted by Crippen LogP contribution is 2.10. The van der Waals surface area contributed by atoms with E-state index in [1.54, 1.807) is 0 Å². The third kappa shape index (κ3) is 5.05. The largest absolute Gasteiger partial charge is 0.338 e. The van der Waals surface area contributed by atoms with Gasteiger partial charge in [0.05, 0.1) is 0 Å². The van der Waals surface area contributed by atoms with Gasteiger partial charge in [0.25, 0.3) is 0 Å². The van der Waals surface area contributed by atoms with Crippen LogP contribution in [0.15, 0.2) is 24.3 Å². The van der Waals surface area contributed by atoms with Gasteiger partial charge in [0.2, 0.25) is 0 Å². The number of piperazine rings is 1. The maximum Gasteiger partial charge on any atom is 0.317 e. The summed E-state index contributed by atoms with van der Waals surface area (Å²) in [4.78, 5) is 16.3. The van der Waals surface area contributed by atoms with E-state index in [0.29, 0.717) is 0 Å². The molecule has 0 spiro atoms. The van der Waals surface area contributed by atoms with Crippen LogP contribution in [-0.4, -0.2) is 48.6 Å². The van der Waals surface area contributed by atoms with E-state index in [-0.39, 0.29) is 6.03 Å².